The van der Waals surface area contributed by atoms with Gasteiger partial charge in [-0.15, -0.1) is 0 Å². The molecule has 1 aromatic carbocycles. The summed E-state index contributed by atoms with van der Waals surface area (Å²) in [6, 6.07) is 7.25. The number of pyridine rings is 2. The fourth-order valence-electron chi connectivity index (χ4n) is 4.69. The molecule has 0 saturated heterocycles. The van der Waals surface area contributed by atoms with Crippen LogP contribution in [0.3, 0.4) is 0 Å². The highest BCUT2D eigenvalue weighted by atomic mass is 35.5. The molecule has 1 aliphatic rings. The first-order valence-corrected chi connectivity index (χ1v) is 12.9. The van der Waals surface area contributed by atoms with Crippen molar-refractivity contribution in [2.45, 2.75) is 46.0 Å². The Balaban J connectivity index is 1.64. The Morgan fingerprint density at radius 3 is 2.46 bits per heavy atom. The van der Waals surface area contributed by atoms with Gasteiger partial charge < -0.3 is 22.1 Å². The highest BCUT2D eigenvalue weighted by Gasteiger charge is 2.33. The number of aromatic nitrogens is 2. The summed E-state index contributed by atoms with van der Waals surface area (Å²) < 4.78 is 0. The number of carbonyl (C=O) groups excluding carboxylic acids is 2. The zero-order valence-electron chi connectivity index (χ0n) is 20.8. The average Bonchev–Trinajstić information content (AvgIpc) is 2.83. The topological polar surface area (TPSA) is 136 Å². The van der Waals surface area contributed by atoms with Crippen molar-refractivity contribution in [2.24, 2.45) is 16.9 Å². The van der Waals surface area contributed by atoms with Gasteiger partial charge in [-0.2, -0.15) is 0 Å². The molecule has 1 aliphatic carbocycles. The first-order valence-electron chi connectivity index (χ1n) is 12.1. The van der Waals surface area contributed by atoms with Crippen LogP contribution in [0.4, 0.5) is 17.3 Å². The van der Waals surface area contributed by atoms with E-state index >= 15 is 0 Å². The van der Waals surface area contributed by atoms with Gasteiger partial charge in [0.1, 0.15) is 11.6 Å². The number of nitrogens with one attached hydrogen (secondary N) is 2. The molecule has 37 heavy (non-hydrogen) atoms. The largest absolute Gasteiger partial charge is 0.369 e. The number of carbonyl (C=O) groups is 2. The number of aryl methyl sites for hydroxylation is 1. The number of anilines is 3. The predicted molar refractivity (Wildman–Crippen MR) is 148 cm³/mol. The monoisotopic (exact) mass is 540 g/mol. The number of hydrogen-bond donors (Lipinski definition) is 4. The van der Waals surface area contributed by atoms with Crippen molar-refractivity contribution in [2.75, 3.05) is 17.2 Å². The van der Waals surface area contributed by atoms with Crippen LogP contribution in [0, 0.1) is 5.41 Å². The lowest BCUT2D eigenvalue weighted by Crippen LogP contribution is -2.29. The van der Waals surface area contributed by atoms with Crippen molar-refractivity contribution in [3.05, 3.63) is 74.5 Å². The molecule has 2 heterocycles. The maximum absolute atomic E-state index is 12.7. The minimum atomic E-state index is -0.523. The first kappa shape index (κ1) is 26.7. The third-order valence-corrected chi connectivity index (χ3v) is 7.18. The van der Waals surface area contributed by atoms with E-state index in [1.807, 2.05) is 12.1 Å². The van der Waals surface area contributed by atoms with E-state index in [1.54, 1.807) is 12.1 Å². The SMILES string of the molecule is CC1(C)CCc2c(Nc3c(Cl)cncc3Cl)nc(NCCCc3cccc(C(N)=O)c3)c(C(N)=O)c2C1. The van der Waals surface area contributed by atoms with Crippen molar-refractivity contribution >= 4 is 52.3 Å². The van der Waals surface area contributed by atoms with E-state index in [2.05, 4.69) is 29.5 Å². The smallest absolute Gasteiger partial charge is 0.252 e. The lowest BCUT2D eigenvalue weighted by molar-refractivity contribution is 0.0991. The number of fused-ring (bicyclic) bond motifs is 1. The van der Waals surface area contributed by atoms with Gasteiger partial charge >= 0.3 is 0 Å². The number of benzene rings is 1. The molecule has 194 valence electrons. The maximum Gasteiger partial charge on any atom is 0.252 e. The molecule has 10 heteroatoms. The standard InChI is InChI=1S/C27H30Cl2N6O2/c1-27(2)9-8-17-18(12-27)21(24(31)37)26(35-25(17)34-22-19(28)13-32-14-20(22)29)33-10-4-6-15-5-3-7-16(11-15)23(30)36/h3,5,7,11,13-14H,4,6,8-10,12H2,1-2H3,(H2,30,36)(H2,31,37)(H2,32,33,34,35). The van der Waals surface area contributed by atoms with E-state index in [1.165, 1.54) is 12.4 Å². The summed E-state index contributed by atoms with van der Waals surface area (Å²) in [5.74, 6) is 0.0205. The van der Waals surface area contributed by atoms with Crippen LogP contribution in [0.15, 0.2) is 36.7 Å². The third-order valence-electron chi connectivity index (χ3n) is 6.61. The lowest BCUT2D eigenvalue weighted by atomic mass is 9.73. The zero-order chi connectivity index (χ0) is 26.7. The van der Waals surface area contributed by atoms with Gasteiger partial charge in [0, 0.05) is 24.5 Å². The van der Waals surface area contributed by atoms with Crippen LogP contribution in [0.1, 0.15) is 64.1 Å². The molecule has 8 nitrogen and oxygen atoms in total. The third kappa shape index (κ3) is 6.14. The Labute approximate surface area is 226 Å². The van der Waals surface area contributed by atoms with Crippen LogP contribution in [0.25, 0.3) is 0 Å². The summed E-state index contributed by atoms with van der Waals surface area (Å²) in [5, 5.41) is 7.33. The minimum Gasteiger partial charge on any atom is -0.369 e. The first-order chi connectivity index (χ1) is 17.6. The second-order valence-electron chi connectivity index (χ2n) is 10.0. The molecule has 2 aromatic heterocycles. The fraction of sp³-hybridized carbons (Fsp3) is 0.333. The molecule has 0 unspecified atom stereocenters. The molecule has 6 N–H and O–H groups in total. The van der Waals surface area contributed by atoms with E-state index < -0.39 is 11.8 Å². The predicted octanol–water partition coefficient (Wildman–Crippen LogP) is 5.28. The van der Waals surface area contributed by atoms with Gasteiger partial charge in [-0.3, -0.25) is 14.6 Å². The van der Waals surface area contributed by atoms with E-state index in [4.69, 9.17) is 39.7 Å². The molecule has 0 spiro atoms. The summed E-state index contributed by atoms with van der Waals surface area (Å²) in [5.41, 5.74) is 15.5. The van der Waals surface area contributed by atoms with Gasteiger partial charge in [0.05, 0.1) is 21.3 Å². The fourth-order valence-corrected chi connectivity index (χ4v) is 5.15. The van der Waals surface area contributed by atoms with Gasteiger partial charge in [-0.25, -0.2) is 4.98 Å². The number of halogens is 2. The normalized spacial score (nSPS) is 14.1. The van der Waals surface area contributed by atoms with Gasteiger partial charge in [-0.1, -0.05) is 49.2 Å². The van der Waals surface area contributed by atoms with Gasteiger partial charge in [-0.05, 0) is 66.3 Å². The minimum absolute atomic E-state index is 0.00446. The summed E-state index contributed by atoms with van der Waals surface area (Å²) in [6.45, 7) is 4.89. The van der Waals surface area contributed by atoms with Crippen molar-refractivity contribution in [1.82, 2.24) is 9.97 Å². The molecule has 3 aromatic rings. The van der Waals surface area contributed by atoms with Crippen LogP contribution in [-0.2, 0) is 19.3 Å². The molecule has 0 bridgehead atoms. The summed E-state index contributed by atoms with van der Waals surface area (Å²) in [4.78, 5) is 32.9. The number of primary amides is 2. The number of rotatable bonds is 9. The number of amides is 2. The van der Waals surface area contributed by atoms with Crippen molar-refractivity contribution in [3.8, 4) is 0 Å². The van der Waals surface area contributed by atoms with Crippen molar-refractivity contribution < 1.29 is 9.59 Å². The Morgan fingerprint density at radius 1 is 1.05 bits per heavy atom. The molecule has 0 radical (unpaired) electrons. The van der Waals surface area contributed by atoms with Crippen LogP contribution in [0.2, 0.25) is 10.0 Å². The van der Waals surface area contributed by atoms with Crippen LogP contribution >= 0.6 is 23.2 Å². The molecular weight excluding hydrogens is 511 g/mol. The molecular formula is C27H30Cl2N6O2. The van der Waals surface area contributed by atoms with E-state index in [0.29, 0.717) is 57.9 Å². The van der Waals surface area contributed by atoms with E-state index in [0.717, 1.165) is 36.0 Å². The molecule has 0 aliphatic heterocycles. The van der Waals surface area contributed by atoms with E-state index in [9.17, 15) is 9.59 Å². The second-order valence-corrected chi connectivity index (χ2v) is 10.9. The number of nitrogens with zero attached hydrogens (tertiary/aromatic N) is 2. The molecule has 0 fully saturated rings. The number of hydrogen-bond acceptors (Lipinski definition) is 6. The van der Waals surface area contributed by atoms with Gasteiger partial charge in [0.15, 0.2) is 0 Å². The maximum atomic E-state index is 12.7. The van der Waals surface area contributed by atoms with Gasteiger partial charge in [0.2, 0.25) is 5.91 Å². The highest BCUT2D eigenvalue weighted by Crippen LogP contribution is 2.42. The van der Waals surface area contributed by atoms with E-state index in [-0.39, 0.29) is 5.41 Å². The Morgan fingerprint density at radius 2 is 1.78 bits per heavy atom. The summed E-state index contributed by atoms with van der Waals surface area (Å²) in [7, 11) is 0. The Hall–Kier alpha value is -3.36. The Bertz CT molecular complexity index is 1340. The van der Waals surface area contributed by atoms with Crippen molar-refractivity contribution in [3.63, 3.8) is 0 Å². The van der Waals surface area contributed by atoms with Crippen molar-refractivity contribution in [1.29, 1.82) is 0 Å². The van der Waals surface area contributed by atoms with Crippen LogP contribution < -0.4 is 22.1 Å². The van der Waals surface area contributed by atoms with Gasteiger partial charge in [0.25, 0.3) is 5.91 Å². The molecule has 0 atom stereocenters. The second kappa shape index (κ2) is 10.9. The highest BCUT2D eigenvalue weighted by molar-refractivity contribution is 6.39. The number of nitrogens with two attached hydrogens (primary N) is 2. The summed E-state index contributed by atoms with van der Waals surface area (Å²) >= 11 is 12.7. The quantitative estimate of drug-likeness (QED) is 0.272. The van der Waals surface area contributed by atoms with Crippen LogP contribution in [-0.4, -0.2) is 28.3 Å². The summed E-state index contributed by atoms with van der Waals surface area (Å²) in [6.07, 6.45) is 6.81. The average molecular weight is 541 g/mol. The molecule has 4 rings (SSSR count). The zero-order valence-corrected chi connectivity index (χ0v) is 22.3. The molecule has 0 saturated carbocycles. The Kier molecular flexibility index (Phi) is 7.90. The molecule has 2 amide bonds. The lowest BCUT2D eigenvalue weighted by Gasteiger charge is -2.34. The van der Waals surface area contributed by atoms with Crippen LogP contribution in [0.5, 0.6) is 0 Å².